The lowest BCUT2D eigenvalue weighted by Crippen LogP contribution is -2.50. The number of rotatable bonds is 4. The largest absolute Gasteiger partial charge is 0.444 e. The number of carbonyl (C=O) groups excluding carboxylic acids is 3. The summed E-state index contributed by atoms with van der Waals surface area (Å²) in [6.07, 6.45) is 2.89. The Morgan fingerprint density at radius 1 is 1.36 bits per heavy atom. The first kappa shape index (κ1) is 20.4. The summed E-state index contributed by atoms with van der Waals surface area (Å²) in [5.74, 6) is -0.488. The fourth-order valence-electron chi connectivity index (χ4n) is 3.79. The molecule has 2 fully saturated rings. The number of carbonyl (C=O) groups is 3. The minimum atomic E-state index is -0.827. The highest BCUT2D eigenvalue weighted by Crippen LogP contribution is 2.28. The predicted molar refractivity (Wildman–Crippen MR) is 97.1 cm³/mol. The molecule has 10 heteroatoms. The van der Waals surface area contributed by atoms with Crippen molar-refractivity contribution in [1.82, 2.24) is 20.3 Å². The second-order valence-corrected chi connectivity index (χ2v) is 8.41. The van der Waals surface area contributed by atoms with Crippen LogP contribution in [-0.4, -0.2) is 81.5 Å². The Hall–Kier alpha value is -2.33. The van der Waals surface area contributed by atoms with Gasteiger partial charge in [-0.25, -0.2) is 15.1 Å². The summed E-state index contributed by atoms with van der Waals surface area (Å²) in [5.41, 5.74) is 2.47. The third kappa shape index (κ3) is 4.07. The van der Waals surface area contributed by atoms with Gasteiger partial charge in [-0.2, -0.15) is 5.06 Å². The van der Waals surface area contributed by atoms with Gasteiger partial charge in [-0.3, -0.25) is 14.8 Å². The summed E-state index contributed by atoms with van der Waals surface area (Å²) in [5, 5.41) is 10.4. The van der Waals surface area contributed by atoms with Gasteiger partial charge in [-0.15, -0.1) is 0 Å². The molecule has 156 valence electrons. The van der Waals surface area contributed by atoms with Crippen LogP contribution in [0.4, 0.5) is 9.59 Å². The molecule has 2 saturated heterocycles. The van der Waals surface area contributed by atoms with E-state index in [1.54, 1.807) is 17.9 Å². The van der Waals surface area contributed by atoms with E-state index in [-0.39, 0.29) is 19.2 Å². The summed E-state index contributed by atoms with van der Waals surface area (Å²) in [7, 11) is 0. The Kier molecular flexibility index (Phi) is 5.53. The topological polar surface area (TPSA) is 112 Å². The molecule has 3 rings (SSSR count). The van der Waals surface area contributed by atoms with E-state index in [0.717, 1.165) is 12.8 Å². The van der Waals surface area contributed by atoms with Gasteiger partial charge in [0.05, 0.1) is 25.2 Å². The Morgan fingerprint density at radius 3 is 2.75 bits per heavy atom. The molecule has 2 bridgehead atoms. The molecule has 0 aromatic rings. The molecule has 10 nitrogen and oxygen atoms in total. The van der Waals surface area contributed by atoms with Gasteiger partial charge in [0.2, 0.25) is 0 Å². The highest BCUT2D eigenvalue weighted by Gasteiger charge is 2.46. The van der Waals surface area contributed by atoms with Crippen molar-refractivity contribution in [2.24, 2.45) is 0 Å². The molecule has 28 heavy (non-hydrogen) atoms. The zero-order valence-electron chi connectivity index (χ0n) is 16.7. The molecule has 0 aromatic carbocycles. The van der Waals surface area contributed by atoms with E-state index in [1.165, 1.54) is 4.90 Å². The maximum atomic E-state index is 12.5. The molecule has 0 spiro atoms. The normalized spacial score (nSPS) is 27.2. The monoisotopic (exact) mass is 396 g/mol. The van der Waals surface area contributed by atoms with Crippen molar-refractivity contribution >= 4 is 18.0 Å². The van der Waals surface area contributed by atoms with Crippen molar-refractivity contribution in [3.63, 3.8) is 0 Å². The summed E-state index contributed by atoms with van der Waals surface area (Å²) in [4.78, 5) is 45.2. The van der Waals surface area contributed by atoms with Crippen molar-refractivity contribution in [3.8, 4) is 0 Å². The molecule has 3 aliphatic heterocycles. The molecular formula is C18H28N4O6. The van der Waals surface area contributed by atoms with Crippen LogP contribution in [0, 0.1) is 0 Å². The first-order chi connectivity index (χ1) is 13.1. The number of hydrogen-bond acceptors (Lipinski definition) is 6. The number of hydrogen-bond donors (Lipinski definition) is 2. The zero-order chi connectivity index (χ0) is 20.6. The van der Waals surface area contributed by atoms with Crippen LogP contribution in [0.5, 0.6) is 0 Å². The molecular weight excluding hydrogens is 368 g/mol. The van der Waals surface area contributed by atoms with Crippen LogP contribution in [0.2, 0.25) is 0 Å². The van der Waals surface area contributed by atoms with Crippen molar-refractivity contribution in [3.05, 3.63) is 11.6 Å². The van der Waals surface area contributed by atoms with Crippen LogP contribution in [0.25, 0.3) is 0 Å². The molecule has 3 aliphatic rings. The predicted octanol–water partition coefficient (Wildman–Crippen LogP) is 1.26. The number of fused-ring (bicyclic) bond motifs is 2. The third-order valence-corrected chi connectivity index (χ3v) is 5.04. The second-order valence-electron chi connectivity index (χ2n) is 8.41. The lowest BCUT2D eigenvalue weighted by atomic mass is 10.0. The van der Waals surface area contributed by atoms with E-state index >= 15 is 0 Å². The Balaban J connectivity index is 1.53. The van der Waals surface area contributed by atoms with Crippen molar-refractivity contribution in [1.29, 1.82) is 0 Å². The standard InChI is InChI=1S/C18H28N4O6/c1-11-8-13-9-21(16(24)22(13)26)14(11)15(23)19-27-10-12-6-5-7-20(12)17(25)28-18(2,3)4/h8,12-14,26H,5-7,9-10H2,1-4H3,(H,19,23)/t12-,13+,14-/m0/s1. The van der Waals surface area contributed by atoms with E-state index in [1.807, 2.05) is 20.8 Å². The molecule has 0 aliphatic carbocycles. The van der Waals surface area contributed by atoms with Crippen LogP contribution in [0.3, 0.4) is 0 Å². The molecule has 0 aromatic heterocycles. The Bertz CT molecular complexity index is 688. The first-order valence-corrected chi connectivity index (χ1v) is 9.47. The third-order valence-electron chi connectivity index (χ3n) is 5.04. The smallest absolute Gasteiger partial charge is 0.410 e. The lowest BCUT2D eigenvalue weighted by Gasteiger charge is -2.30. The van der Waals surface area contributed by atoms with Gasteiger partial charge < -0.3 is 14.5 Å². The number of urea groups is 1. The summed E-state index contributed by atoms with van der Waals surface area (Å²) in [6, 6.07) is -2.06. The van der Waals surface area contributed by atoms with Crippen molar-refractivity contribution in [2.75, 3.05) is 19.7 Å². The van der Waals surface area contributed by atoms with Crippen LogP contribution in [0.1, 0.15) is 40.5 Å². The molecule has 3 heterocycles. The highest BCUT2D eigenvalue weighted by atomic mass is 16.7. The van der Waals surface area contributed by atoms with Gasteiger partial charge in [0.1, 0.15) is 11.6 Å². The van der Waals surface area contributed by atoms with E-state index in [4.69, 9.17) is 9.57 Å². The number of nitrogens with zero attached hydrogens (tertiary/aromatic N) is 3. The van der Waals surface area contributed by atoms with Gasteiger partial charge in [0.25, 0.3) is 5.91 Å². The summed E-state index contributed by atoms with van der Waals surface area (Å²) in [6.45, 7) is 8.12. The average molecular weight is 396 g/mol. The summed E-state index contributed by atoms with van der Waals surface area (Å²) >= 11 is 0. The van der Waals surface area contributed by atoms with Crippen LogP contribution in [0.15, 0.2) is 11.6 Å². The summed E-state index contributed by atoms with van der Waals surface area (Å²) < 4.78 is 5.41. The SMILES string of the molecule is CC1=C[C@@H]2CN(C(=O)N2O)[C@@H]1C(=O)NOC[C@@H]1CCCN1C(=O)OC(C)(C)C. The van der Waals surface area contributed by atoms with E-state index in [9.17, 15) is 19.6 Å². The van der Waals surface area contributed by atoms with Gasteiger partial charge in [-0.1, -0.05) is 6.08 Å². The van der Waals surface area contributed by atoms with Crippen LogP contribution >= 0.6 is 0 Å². The molecule has 3 atom stereocenters. The van der Waals surface area contributed by atoms with E-state index in [0.29, 0.717) is 17.2 Å². The minimum Gasteiger partial charge on any atom is -0.444 e. The van der Waals surface area contributed by atoms with Crippen LogP contribution in [-0.2, 0) is 14.4 Å². The number of nitrogens with one attached hydrogen (secondary N) is 1. The van der Waals surface area contributed by atoms with Gasteiger partial charge in [0, 0.05) is 6.54 Å². The number of amides is 4. The molecule has 0 unspecified atom stereocenters. The lowest BCUT2D eigenvalue weighted by molar-refractivity contribution is -0.138. The van der Waals surface area contributed by atoms with Crippen molar-refractivity contribution in [2.45, 2.75) is 64.3 Å². The maximum Gasteiger partial charge on any atom is 0.410 e. The van der Waals surface area contributed by atoms with Gasteiger partial charge >= 0.3 is 12.1 Å². The number of likely N-dealkylation sites (tertiary alicyclic amines) is 1. The molecule has 0 radical (unpaired) electrons. The van der Waals surface area contributed by atoms with Gasteiger partial charge in [0.15, 0.2) is 0 Å². The number of ether oxygens (including phenoxy) is 1. The fourth-order valence-corrected chi connectivity index (χ4v) is 3.79. The molecule has 4 amide bonds. The Morgan fingerprint density at radius 2 is 2.07 bits per heavy atom. The average Bonchev–Trinajstić information content (AvgIpc) is 3.14. The fraction of sp³-hybridized carbons (Fsp3) is 0.722. The second kappa shape index (κ2) is 7.59. The molecule has 2 N–H and O–H groups in total. The van der Waals surface area contributed by atoms with Gasteiger partial charge in [-0.05, 0) is 46.1 Å². The highest BCUT2D eigenvalue weighted by molar-refractivity contribution is 5.91. The van der Waals surface area contributed by atoms with Crippen LogP contribution < -0.4 is 5.48 Å². The minimum absolute atomic E-state index is 0.128. The maximum absolute atomic E-state index is 12.5. The first-order valence-electron chi connectivity index (χ1n) is 9.47. The van der Waals surface area contributed by atoms with Crippen molar-refractivity contribution < 1.29 is 29.2 Å². The molecule has 0 saturated carbocycles. The Labute approximate surface area is 163 Å². The van der Waals surface area contributed by atoms with E-state index in [2.05, 4.69) is 5.48 Å². The van der Waals surface area contributed by atoms with E-state index < -0.39 is 35.7 Å². The number of hydroxylamine groups is 3. The zero-order valence-corrected chi connectivity index (χ0v) is 16.7. The quantitative estimate of drug-likeness (QED) is 0.420.